The van der Waals surface area contributed by atoms with Crippen molar-refractivity contribution in [2.75, 3.05) is 52.6 Å². The van der Waals surface area contributed by atoms with Gasteiger partial charge in [-0.25, -0.2) is 16.8 Å². The van der Waals surface area contributed by atoms with Gasteiger partial charge in [0.1, 0.15) is 10.5 Å². The first kappa shape index (κ1) is 16.6. The molecule has 3 rings (SSSR count). The Morgan fingerprint density at radius 2 is 1.14 bits per heavy atom. The Kier molecular flexibility index (Phi) is 4.52. The molecule has 0 N–H and O–H groups in total. The van der Waals surface area contributed by atoms with Crippen molar-refractivity contribution in [2.24, 2.45) is 5.92 Å². The van der Waals surface area contributed by atoms with Crippen molar-refractivity contribution < 1.29 is 26.3 Å². The monoisotopic (exact) mass is 354 g/mol. The van der Waals surface area contributed by atoms with E-state index < -0.39 is 30.5 Å². The first-order valence-corrected chi connectivity index (χ1v) is 10.5. The summed E-state index contributed by atoms with van der Waals surface area (Å²) in [5.74, 6) is -0.0472. The molecule has 0 spiro atoms. The number of hydrogen-bond acceptors (Lipinski definition) is 6. The molecule has 128 valence electrons. The molecular weight excluding hydrogens is 332 g/mol. The molecule has 0 aromatic heterocycles. The van der Waals surface area contributed by atoms with Gasteiger partial charge in [-0.2, -0.15) is 8.61 Å². The van der Waals surface area contributed by atoms with Gasteiger partial charge in [-0.05, 0) is 5.92 Å². The molecule has 3 fully saturated rings. The minimum Gasteiger partial charge on any atom is -0.378 e. The van der Waals surface area contributed by atoms with E-state index in [0.717, 1.165) is 0 Å². The van der Waals surface area contributed by atoms with Crippen molar-refractivity contribution in [3.8, 4) is 0 Å². The lowest BCUT2D eigenvalue weighted by Crippen LogP contribution is -2.51. The number of hydrogen-bond donors (Lipinski definition) is 0. The van der Waals surface area contributed by atoms with Gasteiger partial charge in [0.05, 0.1) is 26.4 Å². The molecule has 0 saturated carbocycles. The fourth-order valence-corrected chi connectivity index (χ4v) is 6.33. The van der Waals surface area contributed by atoms with Crippen LogP contribution in [0.3, 0.4) is 0 Å². The van der Waals surface area contributed by atoms with Gasteiger partial charge in [-0.1, -0.05) is 6.92 Å². The highest BCUT2D eigenvalue weighted by Crippen LogP contribution is 2.24. The molecule has 0 aliphatic carbocycles. The zero-order valence-electron chi connectivity index (χ0n) is 12.5. The lowest BCUT2D eigenvalue weighted by Gasteiger charge is -2.32. The third kappa shape index (κ3) is 2.92. The smallest absolute Gasteiger partial charge is 0.221 e. The number of rotatable bonds is 4. The van der Waals surface area contributed by atoms with Crippen molar-refractivity contribution in [1.82, 2.24) is 8.61 Å². The van der Waals surface area contributed by atoms with Crippen LogP contribution in [0.4, 0.5) is 0 Å². The Morgan fingerprint density at radius 1 is 0.773 bits per heavy atom. The maximum atomic E-state index is 12.5. The first-order valence-electron chi connectivity index (χ1n) is 7.45. The molecule has 0 bridgehead atoms. The fraction of sp³-hybridized carbons (Fsp3) is 1.00. The Morgan fingerprint density at radius 3 is 1.41 bits per heavy atom. The molecule has 22 heavy (non-hydrogen) atoms. The summed E-state index contributed by atoms with van der Waals surface area (Å²) in [6.07, 6.45) is 0. The SMILES string of the molecule is CC1CN(S(=O)(=O)C2COC2)CCN(S(=O)(=O)C2COC2)C1. The van der Waals surface area contributed by atoms with Gasteiger partial charge in [0.2, 0.25) is 20.0 Å². The normalized spacial score (nSPS) is 28.0. The number of nitrogens with zero attached hydrogens (tertiary/aromatic N) is 2. The van der Waals surface area contributed by atoms with Gasteiger partial charge in [-0.3, -0.25) is 0 Å². The van der Waals surface area contributed by atoms with Crippen molar-refractivity contribution >= 4 is 20.0 Å². The molecule has 3 aliphatic heterocycles. The summed E-state index contributed by atoms with van der Waals surface area (Å²) in [5.41, 5.74) is 0. The Hall–Kier alpha value is -0.260. The molecule has 0 aromatic rings. The zero-order valence-corrected chi connectivity index (χ0v) is 14.2. The van der Waals surface area contributed by atoms with Gasteiger partial charge in [0, 0.05) is 26.2 Å². The van der Waals surface area contributed by atoms with Crippen molar-refractivity contribution in [3.05, 3.63) is 0 Å². The van der Waals surface area contributed by atoms with E-state index in [1.807, 2.05) is 6.92 Å². The summed E-state index contributed by atoms with van der Waals surface area (Å²) < 4.78 is 62.7. The minimum atomic E-state index is -3.40. The summed E-state index contributed by atoms with van der Waals surface area (Å²) in [6.45, 7) is 3.92. The molecule has 0 unspecified atom stereocenters. The molecule has 3 saturated heterocycles. The molecule has 3 aliphatic rings. The predicted octanol–water partition coefficient (Wildman–Crippen LogP) is -1.30. The van der Waals surface area contributed by atoms with Crippen molar-refractivity contribution in [1.29, 1.82) is 0 Å². The van der Waals surface area contributed by atoms with Crippen LogP contribution < -0.4 is 0 Å². The predicted molar refractivity (Wildman–Crippen MR) is 79.4 cm³/mol. The standard InChI is InChI=1S/C12H22N2O6S2/c1-10-4-13(21(15,16)11-6-19-7-11)2-3-14(5-10)22(17,18)12-8-20-9-12/h10-12H,2-9H2,1H3. The maximum absolute atomic E-state index is 12.5. The third-order valence-electron chi connectivity index (χ3n) is 4.41. The average molecular weight is 354 g/mol. The third-order valence-corrected chi connectivity index (χ3v) is 8.74. The summed E-state index contributed by atoms with van der Waals surface area (Å²) in [4.78, 5) is 0. The quantitative estimate of drug-likeness (QED) is 0.623. The van der Waals surface area contributed by atoms with E-state index in [0.29, 0.717) is 13.1 Å². The lowest BCUT2D eigenvalue weighted by molar-refractivity contribution is 0.0387. The second-order valence-corrected chi connectivity index (χ2v) is 10.7. The van der Waals surface area contributed by atoms with Gasteiger partial charge in [-0.15, -0.1) is 0 Å². The van der Waals surface area contributed by atoms with E-state index in [2.05, 4.69) is 0 Å². The molecule has 0 atom stereocenters. The number of ether oxygens (including phenoxy) is 2. The highest BCUT2D eigenvalue weighted by Gasteiger charge is 2.42. The van der Waals surface area contributed by atoms with Crippen LogP contribution in [-0.2, 0) is 29.5 Å². The highest BCUT2D eigenvalue weighted by molar-refractivity contribution is 7.90. The van der Waals surface area contributed by atoms with Crippen LogP contribution in [0.1, 0.15) is 6.92 Å². The lowest BCUT2D eigenvalue weighted by atomic mass is 10.2. The van der Waals surface area contributed by atoms with Crippen LogP contribution in [-0.4, -0.2) is 88.6 Å². The van der Waals surface area contributed by atoms with Crippen molar-refractivity contribution in [3.63, 3.8) is 0 Å². The molecule has 3 heterocycles. The second kappa shape index (κ2) is 5.99. The molecule has 10 heteroatoms. The van der Waals surface area contributed by atoms with E-state index in [9.17, 15) is 16.8 Å². The van der Waals surface area contributed by atoms with Crippen LogP contribution in [0.15, 0.2) is 0 Å². The average Bonchev–Trinajstić information content (AvgIpc) is 2.45. The van der Waals surface area contributed by atoms with Gasteiger partial charge in [0.15, 0.2) is 0 Å². The van der Waals surface area contributed by atoms with Crippen molar-refractivity contribution in [2.45, 2.75) is 17.4 Å². The van der Waals surface area contributed by atoms with Crippen LogP contribution in [0.25, 0.3) is 0 Å². The van der Waals surface area contributed by atoms with Gasteiger partial charge < -0.3 is 9.47 Å². The topological polar surface area (TPSA) is 93.2 Å². The Labute approximate surface area is 131 Å². The summed E-state index contributed by atoms with van der Waals surface area (Å²) in [5, 5.41) is -0.967. The molecular formula is C12H22N2O6S2. The molecule has 0 radical (unpaired) electrons. The van der Waals surface area contributed by atoms with E-state index >= 15 is 0 Å². The van der Waals surface area contributed by atoms with E-state index in [1.54, 1.807) is 0 Å². The maximum Gasteiger partial charge on any atom is 0.221 e. The largest absolute Gasteiger partial charge is 0.378 e. The van der Waals surface area contributed by atoms with Crippen LogP contribution in [0.2, 0.25) is 0 Å². The molecule has 0 amide bonds. The number of sulfonamides is 2. The Balaban J connectivity index is 1.73. The van der Waals surface area contributed by atoms with Crippen LogP contribution in [0, 0.1) is 5.92 Å². The summed E-state index contributed by atoms with van der Waals surface area (Å²) in [7, 11) is -6.80. The summed E-state index contributed by atoms with van der Waals surface area (Å²) in [6, 6.07) is 0. The van der Waals surface area contributed by atoms with E-state index in [4.69, 9.17) is 9.47 Å². The minimum absolute atomic E-state index is 0.0472. The van der Waals surface area contributed by atoms with Crippen LogP contribution >= 0.6 is 0 Å². The van der Waals surface area contributed by atoms with Gasteiger partial charge >= 0.3 is 0 Å². The molecule has 0 aromatic carbocycles. The summed E-state index contributed by atoms with van der Waals surface area (Å²) >= 11 is 0. The zero-order chi connectivity index (χ0) is 16.0. The van der Waals surface area contributed by atoms with E-state index in [1.165, 1.54) is 8.61 Å². The highest BCUT2D eigenvalue weighted by atomic mass is 32.2. The van der Waals surface area contributed by atoms with Gasteiger partial charge in [0.25, 0.3) is 0 Å². The first-order chi connectivity index (χ1) is 10.3. The fourth-order valence-electron chi connectivity index (χ4n) is 2.81. The molecule has 8 nitrogen and oxygen atoms in total. The van der Waals surface area contributed by atoms with Crippen LogP contribution in [0.5, 0.6) is 0 Å². The Bertz CT molecular complexity index is 558. The second-order valence-electron chi connectivity index (χ2n) is 6.23. The van der Waals surface area contributed by atoms with E-state index in [-0.39, 0.29) is 45.4 Å².